The summed E-state index contributed by atoms with van der Waals surface area (Å²) < 4.78 is 5.07. The third-order valence-corrected chi connectivity index (χ3v) is 4.29. The quantitative estimate of drug-likeness (QED) is 0.782. The molecule has 2 aromatic rings. The van der Waals surface area contributed by atoms with Crippen LogP contribution in [0, 0.1) is 0 Å². The predicted octanol–water partition coefficient (Wildman–Crippen LogP) is 3.56. The van der Waals surface area contributed by atoms with E-state index in [1.165, 1.54) is 42.5 Å². The Hall–Kier alpha value is -3.32. The highest BCUT2D eigenvalue weighted by atomic mass is 35.5. The molecule has 2 N–H and O–H groups in total. The number of hydrogen-bond acceptors (Lipinski definition) is 5. The van der Waals surface area contributed by atoms with Crippen LogP contribution in [0.2, 0.25) is 5.02 Å². The molecule has 0 radical (unpaired) electrons. The number of anilines is 1. The summed E-state index contributed by atoms with van der Waals surface area (Å²) in [6.45, 7) is 1.69. The van der Waals surface area contributed by atoms with Crippen molar-refractivity contribution in [1.29, 1.82) is 0 Å². The Labute approximate surface area is 159 Å². The van der Waals surface area contributed by atoms with Crippen LogP contribution in [0.5, 0.6) is 11.5 Å². The van der Waals surface area contributed by atoms with Crippen molar-refractivity contribution in [2.75, 3.05) is 12.1 Å². The first-order valence-corrected chi connectivity index (χ1v) is 8.21. The predicted molar refractivity (Wildman–Crippen MR) is 102 cm³/mol. The van der Waals surface area contributed by atoms with Gasteiger partial charge in [0.1, 0.15) is 0 Å². The summed E-state index contributed by atoms with van der Waals surface area (Å²) in [6, 6.07) is 8.91. The molecule has 0 saturated heterocycles. The number of rotatable bonds is 4. The Morgan fingerprint density at radius 3 is 2.52 bits per heavy atom. The molecule has 1 amide bonds. The first-order valence-electron chi connectivity index (χ1n) is 7.83. The molecule has 0 bridgehead atoms. The molecular formula is C19H15ClN2O5. The van der Waals surface area contributed by atoms with Crippen LogP contribution in [0.15, 0.2) is 47.1 Å². The van der Waals surface area contributed by atoms with Crippen LogP contribution >= 0.6 is 11.6 Å². The summed E-state index contributed by atoms with van der Waals surface area (Å²) >= 11 is 5.99. The monoisotopic (exact) mass is 386 g/mol. The van der Waals surface area contributed by atoms with Gasteiger partial charge >= 0.3 is 5.97 Å². The van der Waals surface area contributed by atoms with Crippen molar-refractivity contribution in [3.8, 4) is 11.5 Å². The van der Waals surface area contributed by atoms with Crippen LogP contribution in [0.25, 0.3) is 6.08 Å². The van der Waals surface area contributed by atoms with Gasteiger partial charge in [0.2, 0.25) is 0 Å². The Morgan fingerprint density at radius 2 is 1.93 bits per heavy atom. The Bertz CT molecular complexity index is 996. The van der Waals surface area contributed by atoms with Gasteiger partial charge in [0.25, 0.3) is 5.91 Å². The van der Waals surface area contributed by atoms with Gasteiger partial charge < -0.3 is 14.9 Å². The van der Waals surface area contributed by atoms with E-state index in [1.54, 1.807) is 19.1 Å². The zero-order valence-corrected chi connectivity index (χ0v) is 15.2. The highest BCUT2D eigenvalue weighted by molar-refractivity contribution is 6.33. The fourth-order valence-corrected chi connectivity index (χ4v) is 2.82. The highest BCUT2D eigenvalue weighted by Gasteiger charge is 2.29. The molecule has 0 spiro atoms. The third kappa shape index (κ3) is 3.50. The second-order valence-electron chi connectivity index (χ2n) is 5.77. The number of carbonyl (C=O) groups is 2. The maximum atomic E-state index is 12.8. The molecular weight excluding hydrogens is 372 g/mol. The number of hydrazone groups is 1. The maximum Gasteiger partial charge on any atom is 0.335 e. The van der Waals surface area contributed by atoms with Gasteiger partial charge in [-0.25, -0.2) is 4.79 Å². The van der Waals surface area contributed by atoms with E-state index < -0.39 is 5.97 Å². The first kappa shape index (κ1) is 18.5. The SMILES string of the molecule is COc1cc(/C=C2\C(=O)N(c3ccc(C(=O)O)cc3)N=C2C)cc(Cl)c1O. The van der Waals surface area contributed by atoms with Gasteiger partial charge in [0, 0.05) is 0 Å². The topological polar surface area (TPSA) is 99.4 Å². The van der Waals surface area contributed by atoms with Crippen LogP contribution in [0.3, 0.4) is 0 Å². The number of methoxy groups -OCH3 is 1. The van der Waals surface area contributed by atoms with Gasteiger partial charge in [-0.2, -0.15) is 10.1 Å². The van der Waals surface area contributed by atoms with Crippen molar-refractivity contribution in [1.82, 2.24) is 0 Å². The van der Waals surface area contributed by atoms with Gasteiger partial charge in [0.15, 0.2) is 11.5 Å². The lowest BCUT2D eigenvalue weighted by atomic mass is 10.1. The molecule has 2 aromatic carbocycles. The molecule has 0 unspecified atom stereocenters. The Balaban J connectivity index is 1.94. The lowest BCUT2D eigenvalue weighted by Crippen LogP contribution is -2.21. The van der Waals surface area contributed by atoms with E-state index in [9.17, 15) is 14.7 Å². The maximum absolute atomic E-state index is 12.8. The molecule has 1 heterocycles. The molecule has 0 atom stereocenters. The number of amides is 1. The number of carboxylic acid groups (broad SMARTS) is 1. The zero-order valence-electron chi connectivity index (χ0n) is 14.4. The smallest absolute Gasteiger partial charge is 0.335 e. The number of phenols is 1. The second-order valence-corrected chi connectivity index (χ2v) is 6.17. The summed E-state index contributed by atoms with van der Waals surface area (Å²) in [5, 5.41) is 24.3. The van der Waals surface area contributed by atoms with Crippen molar-refractivity contribution < 1.29 is 24.5 Å². The van der Waals surface area contributed by atoms with E-state index in [-0.39, 0.29) is 28.0 Å². The van der Waals surface area contributed by atoms with Crippen LogP contribution in [0.4, 0.5) is 5.69 Å². The van der Waals surface area contributed by atoms with E-state index in [0.717, 1.165) is 0 Å². The molecule has 0 fully saturated rings. The minimum Gasteiger partial charge on any atom is -0.503 e. The number of carbonyl (C=O) groups excluding carboxylic acids is 1. The lowest BCUT2D eigenvalue weighted by Gasteiger charge is -2.12. The molecule has 3 rings (SSSR count). The average molecular weight is 387 g/mol. The van der Waals surface area contributed by atoms with Gasteiger partial charge in [-0.1, -0.05) is 11.6 Å². The van der Waals surface area contributed by atoms with E-state index >= 15 is 0 Å². The second kappa shape index (κ2) is 7.13. The fourth-order valence-electron chi connectivity index (χ4n) is 2.60. The van der Waals surface area contributed by atoms with Crippen molar-refractivity contribution >= 4 is 41.0 Å². The molecule has 0 saturated carbocycles. The molecule has 0 aromatic heterocycles. The summed E-state index contributed by atoms with van der Waals surface area (Å²) in [6.07, 6.45) is 1.60. The first-order chi connectivity index (χ1) is 12.8. The molecule has 7 nitrogen and oxygen atoms in total. The summed E-state index contributed by atoms with van der Waals surface area (Å²) in [4.78, 5) is 23.7. The van der Waals surface area contributed by atoms with Gasteiger partial charge in [0.05, 0.1) is 34.7 Å². The minimum atomic E-state index is -1.05. The van der Waals surface area contributed by atoms with Gasteiger partial charge in [-0.05, 0) is 55.0 Å². The van der Waals surface area contributed by atoms with E-state index in [1.807, 2.05) is 0 Å². The number of aromatic carboxylic acids is 1. The number of ether oxygens (including phenoxy) is 1. The molecule has 8 heteroatoms. The van der Waals surface area contributed by atoms with Crippen LogP contribution in [0.1, 0.15) is 22.8 Å². The Kier molecular flexibility index (Phi) is 4.87. The highest BCUT2D eigenvalue weighted by Crippen LogP contribution is 2.36. The van der Waals surface area contributed by atoms with E-state index in [0.29, 0.717) is 22.5 Å². The van der Waals surface area contributed by atoms with Crippen molar-refractivity contribution in [2.24, 2.45) is 5.10 Å². The molecule has 0 aliphatic carbocycles. The van der Waals surface area contributed by atoms with Gasteiger partial charge in [-0.15, -0.1) is 0 Å². The Morgan fingerprint density at radius 1 is 1.26 bits per heavy atom. The molecule has 27 heavy (non-hydrogen) atoms. The standard InChI is InChI=1S/C19H15ClN2O5/c1-10-14(7-11-8-15(20)17(23)16(9-11)27-2)18(24)22(21-10)13-5-3-12(4-6-13)19(25)26/h3-9,23H,1-2H3,(H,25,26)/b14-7-. The third-order valence-electron chi connectivity index (χ3n) is 4.00. The van der Waals surface area contributed by atoms with Crippen LogP contribution in [-0.2, 0) is 4.79 Å². The largest absolute Gasteiger partial charge is 0.503 e. The number of nitrogens with zero attached hydrogens (tertiary/aromatic N) is 2. The lowest BCUT2D eigenvalue weighted by molar-refractivity contribution is -0.114. The number of benzene rings is 2. The van der Waals surface area contributed by atoms with Crippen molar-refractivity contribution in [2.45, 2.75) is 6.92 Å². The normalized spacial score (nSPS) is 15.2. The van der Waals surface area contributed by atoms with E-state index in [4.69, 9.17) is 21.4 Å². The number of carboxylic acids is 1. The number of hydrogen-bond donors (Lipinski definition) is 2. The molecule has 138 valence electrons. The minimum absolute atomic E-state index is 0.0994. The molecule has 1 aliphatic heterocycles. The number of halogens is 1. The zero-order chi connectivity index (χ0) is 19.7. The summed E-state index contributed by atoms with van der Waals surface area (Å²) in [5.74, 6) is -1.40. The fraction of sp³-hybridized carbons (Fsp3) is 0.105. The van der Waals surface area contributed by atoms with Crippen molar-refractivity contribution in [3.63, 3.8) is 0 Å². The number of aromatic hydroxyl groups is 1. The van der Waals surface area contributed by atoms with Crippen LogP contribution < -0.4 is 9.75 Å². The van der Waals surface area contributed by atoms with Gasteiger partial charge in [-0.3, -0.25) is 4.79 Å². The summed E-state index contributed by atoms with van der Waals surface area (Å²) in [5.41, 5.74) is 1.98. The van der Waals surface area contributed by atoms with Crippen LogP contribution in [-0.4, -0.2) is 34.9 Å². The van der Waals surface area contributed by atoms with E-state index in [2.05, 4.69) is 5.10 Å². The summed E-state index contributed by atoms with van der Waals surface area (Å²) in [7, 11) is 1.40. The number of phenolic OH excluding ortho intramolecular Hbond substituents is 1. The average Bonchev–Trinajstić information content (AvgIpc) is 2.92. The van der Waals surface area contributed by atoms with Crippen molar-refractivity contribution in [3.05, 3.63) is 58.1 Å². The molecule has 1 aliphatic rings.